The SMILES string of the molecule is NCCc1cc2c(s1)CCCCCC2. The van der Waals surface area contributed by atoms with Crippen LogP contribution in [-0.2, 0) is 19.3 Å². The Hall–Kier alpha value is -0.340. The summed E-state index contributed by atoms with van der Waals surface area (Å²) in [6.45, 7) is 0.791. The van der Waals surface area contributed by atoms with E-state index in [0.717, 1.165) is 13.0 Å². The Bertz CT molecular complexity index is 265. The van der Waals surface area contributed by atoms with Gasteiger partial charge in [-0.1, -0.05) is 12.8 Å². The van der Waals surface area contributed by atoms with Crippen molar-refractivity contribution < 1.29 is 0 Å². The topological polar surface area (TPSA) is 26.0 Å². The van der Waals surface area contributed by atoms with Crippen molar-refractivity contribution >= 4 is 11.3 Å². The van der Waals surface area contributed by atoms with Crippen LogP contribution in [0.4, 0.5) is 0 Å². The molecule has 0 fully saturated rings. The second-order valence-electron chi connectivity index (χ2n) is 4.11. The molecule has 2 heteroatoms. The highest BCUT2D eigenvalue weighted by Gasteiger charge is 2.10. The molecule has 1 heterocycles. The zero-order chi connectivity index (χ0) is 9.80. The van der Waals surface area contributed by atoms with Gasteiger partial charge < -0.3 is 5.73 Å². The molecule has 1 aliphatic carbocycles. The van der Waals surface area contributed by atoms with E-state index < -0.39 is 0 Å². The predicted octanol–water partition coefficient (Wildman–Crippen LogP) is 2.91. The van der Waals surface area contributed by atoms with Gasteiger partial charge in [0.15, 0.2) is 0 Å². The molecule has 0 bridgehead atoms. The number of rotatable bonds is 2. The van der Waals surface area contributed by atoms with Gasteiger partial charge in [-0.2, -0.15) is 0 Å². The third kappa shape index (κ3) is 2.37. The lowest BCUT2D eigenvalue weighted by Gasteiger charge is -2.07. The monoisotopic (exact) mass is 209 g/mol. The van der Waals surface area contributed by atoms with Gasteiger partial charge in [0.1, 0.15) is 0 Å². The molecule has 78 valence electrons. The van der Waals surface area contributed by atoms with E-state index in [1.54, 1.807) is 10.4 Å². The maximum atomic E-state index is 5.59. The summed E-state index contributed by atoms with van der Waals surface area (Å²) in [6, 6.07) is 2.40. The van der Waals surface area contributed by atoms with Crippen molar-refractivity contribution in [2.45, 2.75) is 44.9 Å². The summed E-state index contributed by atoms with van der Waals surface area (Å²) < 4.78 is 0. The molecule has 0 atom stereocenters. The van der Waals surface area contributed by atoms with Gasteiger partial charge in [-0.05, 0) is 50.3 Å². The summed E-state index contributed by atoms with van der Waals surface area (Å²) in [5, 5.41) is 0. The quantitative estimate of drug-likeness (QED) is 0.796. The molecule has 0 spiro atoms. The van der Waals surface area contributed by atoms with Crippen molar-refractivity contribution in [3.8, 4) is 0 Å². The smallest absolute Gasteiger partial charge is 0.00801 e. The first-order chi connectivity index (χ1) is 6.90. The maximum absolute atomic E-state index is 5.59. The van der Waals surface area contributed by atoms with E-state index in [2.05, 4.69) is 6.07 Å². The fourth-order valence-electron chi connectivity index (χ4n) is 2.17. The van der Waals surface area contributed by atoms with Crippen molar-refractivity contribution in [2.24, 2.45) is 5.73 Å². The molecule has 2 rings (SSSR count). The number of thiophene rings is 1. The van der Waals surface area contributed by atoms with Crippen molar-refractivity contribution in [1.29, 1.82) is 0 Å². The molecule has 0 amide bonds. The molecule has 0 unspecified atom stereocenters. The lowest BCUT2D eigenvalue weighted by atomic mass is 9.99. The average Bonchev–Trinajstić information content (AvgIpc) is 2.48. The number of fused-ring (bicyclic) bond motifs is 1. The summed E-state index contributed by atoms with van der Waals surface area (Å²) in [6.07, 6.45) is 9.28. The number of aryl methyl sites for hydroxylation is 2. The fourth-order valence-corrected chi connectivity index (χ4v) is 3.45. The van der Waals surface area contributed by atoms with Gasteiger partial charge in [-0.3, -0.25) is 0 Å². The van der Waals surface area contributed by atoms with E-state index in [-0.39, 0.29) is 0 Å². The minimum atomic E-state index is 0.791. The Morgan fingerprint density at radius 2 is 1.93 bits per heavy atom. The third-order valence-corrected chi connectivity index (χ3v) is 4.24. The zero-order valence-corrected chi connectivity index (χ0v) is 9.54. The van der Waals surface area contributed by atoms with E-state index in [1.807, 2.05) is 11.3 Å². The van der Waals surface area contributed by atoms with E-state index in [9.17, 15) is 0 Å². The van der Waals surface area contributed by atoms with Crippen LogP contribution in [0.3, 0.4) is 0 Å². The maximum Gasteiger partial charge on any atom is 0.00801 e. The summed E-state index contributed by atoms with van der Waals surface area (Å²) in [5.41, 5.74) is 7.21. The Morgan fingerprint density at radius 3 is 2.71 bits per heavy atom. The highest BCUT2D eigenvalue weighted by molar-refractivity contribution is 7.12. The normalized spacial score (nSPS) is 17.2. The number of hydrogen-bond acceptors (Lipinski definition) is 2. The lowest BCUT2D eigenvalue weighted by molar-refractivity contribution is 0.622. The molecule has 1 aliphatic rings. The van der Waals surface area contributed by atoms with Crippen molar-refractivity contribution in [3.05, 3.63) is 21.4 Å². The fraction of sp³-hybridized carbons (Fsp3) is 0.667. The van der Waals surface area contributed by atoms with Gasteiger partial charge >= 0.3 is 0 Å². The summed E-state index contributed by atoms with van der Waals surface area (Å²) in [4.78, 5) is 3.15. The van der Waals surface area contributed by atoms with E-state index in [0.29, 0.717) is 0 Å². The molecule has 0 saturated heterocycles. The first-order valence-electron chi connectivity index (χ1n) is 5.70. The molecule has 14 heavy (non-hydrogen) atoms. The first-order valence-corrected chi connectivity index (χ1v) is 6.52. The Kier molecular flexibility index (Phi) is 3.60. The van der Waals surface area contributed by atoms with Gasteiger partial charge in [0.05, 0.1) is 0 Å². The van der Waals surface area contributed by atoms with Crippen LogP contribution in [0.15, 0.2) is 6.07 Å². The molecule has 1 aromatic rings. The Morgan fingerprint density at radius 1 is 1.14 bits per heavy atom. The van der Waals surface area contributed by atoms with Crippen LogP contribution in [-0.4, -0.2) is 6.54 Å². The minimum absolute atomic E-state index is 0.791. The third-order valence-electron chi connectivity index (χ3n) is 2.94. The van der Waals surface area contributed by atoms with Crippen LogP contribution in [0.2, 0.25) is 0 Å². The Balaban J connectivity index is 2.14. The summed E-state index contributed by atoms with van der Waals surface area (Å²) in [7, 11) is 0. The second kappa shape index (κ2) is 4.94. The predicted molar refractivity (Wildman–Crippen MR) is 63.0 cm³/mol. The highest BCUT2D eigenvalue weighted by Crippen LogP contribution is 2.28. The molecule has 0 aromatic carbocycles. The number of nitrogens with two attached hydrogens (primary N) is 1. The van der Waals surface area contributed by atoms with Gasteiger partial charge in [-0.15, -0.1) is 11.3 Å². The van der Waals surface area contributed by atoms with Crippen molar-refractivity contribution in [1.82, 2.24) is 0 Å². The molecule has 0 aliphatic heterocycles. The summed E-state index contributed by atoms with van der Waals surface area (Å²) in [5.74, 6) is 0. The van der Waals surface area contributed by atoms with Crippen LogP contribution in [0.5, 0.6) is 0 Å². The molecule has 1 nitrogen and oxygen atoms in total. The molecular weight excluding hydrogens is 190 g/mol. The largest absolute Gasteiger partial charge is 0.330 e. The average molecular weight is 209 g/mol. The molecule has 2 N–H and O–H groups in total. The van der Waals surface area contributed by atoms with Crippen LogP contribution in [0.25, 0.3) is 0 Å². The van der Waals surface area contributed by atoms with Crippen LogP contribution < -0.4 is 5.73 Å². The van der Waals surface area contributed by atoms with Crippen LogP contribution in [0, 0.1) is 0 Å². The zero-order valence-electron chi connectivity index (χ0n) is 8.72. The van der Waals surface area contributed by atoms with Gasteiger partial charge in [0.2, 0.25) is 0 Å². The second-order valence-corrected chi connectivity index (χ2v) is 5.34. The molecule has 0 radical (unpaired) electrons. The first kappa shape index (κ1) is 10.2. The van der Waals surface area contributed by atoms with Crippen LogP contribution >= 0.6 is 11.3 Å². The lowest BCUT2D eigenvalue weighted by Crippen LogP contribution is -2.00. The van der Waals surface area contributed by atoms with E-state index >= 15 is 0 Å². The summed E-state index contributed by atoms with van der Waals surface area (Å²) >= 11 is 2.00. The highest BCUT2D eigenvalue weighted by atomic mass is 32.1. The van der Waals surface area contributed by atoms with Gasteiger partial charge in [0.25, 0.3) is 0 Å². The van der Waals surface area contributed by atoms with Crippen molar-refractivity contribution in [3.63, 3.8) is 0 Å². The molecule has 1 aromatic heterocycles. The van der Waals surface area contributed by atoms with E-state index in [4.69, 9.17) is 5.73 Å². The van der Waals surface area contributed by atoms with Gasteiger partial charge in [-0.25, -0.2) is 0 Å². The number of hydrogen-bond donors (Lipinski definition) is 1. The molecular formula is C12H19NS. The standard InChI is InChI=1S/C12H19NS/c13-8-7-11-9-10-5-3-1-2-4-6-12(10)14-11/h9H,1-8,13H2. The minimum Gasteiger partial charge on any atom is -0.330 e. The van der Waals surface area contributed by atoms with Crippen molar-refractivity contribution in [2.75, 3.05) is 6.54 Å². The van der Waals surface area contributed by atoms with Gasteiger partial charge in [0, 0.05) is 9.75 Å². The van der Waals surface area contributed by atoms with E-state index in [1.165, 1.54) is 43.4 Å². The Labute approximate surface area is 90.3 Å². The molecule has 0 saturated carbocycles. The van der Waals surface area contributed by atoms with Crippen LogP contribution in [0.1, 0.15) is 41.0 Å².